The molecule has 1 atom stereocenters. The van der Waals surface area contributed by atoms with Crippen LogP contribution in [0.3, 0.4) is 0 Å². The zero-order valence-corrected chi connectivity index (χ0v) is 16.3. The molecule has 0 aliphatic carbocycles. The van der Waals surface area contributed by atoms with Crippen LogP contribution in [0, 0.1) is 6.92 Å². The number of fused-ring (bicyclic) bond motifs is 1. The van der Waals surface area contributed by atoms with E-state index >= 15 is 0 Å². The molecule has 4 rings (SSSR count). The predicted molar refractivity (Wildman–Crippen MR) is 105 cm³/mol. The molecule has 0 saturated carbocycles. The van der Waals surface area contributed by atoms with Crippen LogP contribution < -0.4 is 4.74 Å². The van der Waals surface area contributed by atoms with Crippen molar-refractivity contribution in [1.29, 1.82) is 0 Å². The third kappa shape index (κ3) is 3.99. The Kier molecular flexibility index (Phi) is 5.03. The summed E-state index contributed by atoms with van der Waals surface area (Å²) in [7, 11) is 1.60. The second-order valence-corrected chi connectivity index (χ2v) is 6.74. The Morgan fingerprint density at radius 2 is 1.93 bits per heavy atom. The highest BCUT2D eigenvalue weighted by atomic mass is 16.6. The average molecular weight is 392 g/mol. The van der Waals surface area contributed by atoms with E-state index < -0.39 is 12.1 Å². The largest absolute Gasteiger partial charge is 0.497 e. The van der Waals surface area contributed by atoms with Crippen LogP contribution in [0.4, 0.5) is 0 Å². The summed E-state index contributed by atoms with van der Waals surface area (Å²) in [5.41, 5.74) is 3.38. The van der Waals surface area contributed by atoms with E-state index in [1.807, 2.05) is 37.3 Å². The number of furan rings is 1. The third-order valence-corrected chi connectivity index (χ3v) is 4.58. The number of ether oxygens (including phenoxy) is 2. The molecule has 0 N–H and O–H groups in total. The number of hydrogen-bond acceptors (Lipinski definition) is 7. The number of aryl methyl sites for hydroxylation is 1. The van der Waals surface area contributed by atoms with Gasteiger partial charge in [-0.3, -0.25) is 4.79 Å². The summed E-state index contributed by atoms with van der Waals surface area (Å²) in [6.07, 6.45) is 1.02. The minimum absolute atomic E-state index is 0.0971. The van der Waals surface area contributed by atoms with Crippen LogP contribution >= 0.6 is 0 Å². The van der Waals surface area contributed by atoms with E-state index in [-0.39, 0.29) is 12.3 Å². The van der Waals surface area contributed by atoms with Gasteiger partial charge < -0.3 is 18.3 Å². The van der Waals surface area contributed by atoms with Gasteiger partial charge in [0.2, 0.25) is 5.89 Å². The van der Waals surface area contributed by atoms with Crippen molar-refractivity contribution in [1.82, 2.24) is 10.2 Å². The van der Waals surface area contributed by atoms with Crippen molar-refractivity contribution in [3.63, 3.8) is 0 Å². The van der Waals surface area contributed by atoms with Gasteiger partial charge in [0, 0.05) is 16.5 Å². The van der Waals surface area contributed by atoms with Gasteiger partial charge in [-0.1, -0.05) is 12.1 Å². The number of carbonyl (C=O) groups excluding carboxylic acids is 1. The van der Waals surface area contributed by atoms with E-state index in [2.05, 4.69) is 10.2 Å². The van der Waals surface area contributed by atoms with Crippen molar-refractivity contribution in [2.24, 2.45) is 0 Å². The molecule has 0 aliphatic rings. The molecular weight excluding hydrogens is 372 g/mol. The average Bonchev–Trinajstić information content (AvgIpc) is 3.35. The lowest BCUT2D eigenvalue weighted by molar-refractivity contribution is -0.148. The zero-order chi connectivity index (χ0) is 20.4. The van der Waals surface area contributed by atoms with E-state index in [0.29, 0.717) is 5.89 Å². The molecule has 0 bridgehead atoms. The molecule has 4 aromatic rings. The first-order valence-corrected chi connectivity index (χ1v) is 9.17. The molecule has 2 aromatic heterocycles. The van der Waals surface area contributed by atoms with Crippen molar-refractivity contribution in [3.8, 4) is 17.2 Å². The molecule has 7 nitrogen and oxygen atoms in total. The molecule has 0 aliphatic heterocycles. The molecule has 0 amide bonds. The molecule has 148 valence electrons. The maximum absolute atomic E-state index is 12.4. The number of methoxy groups -OCH3 is 1. The second kappa shape index (κ2) is 7.79. The molecule has 0 radical (unpaired) electrons. The zero-order valence-electron chi connectivity index (χ0n) is 16.3. The minimum atomic E-state index is -0.664. The Morgan fingerprint density at radius 1 is 1.14 bits per heavy atom. The van der Waals surface area contributed by atoms with Crippen LogP contribution in [-0.2, 0) is 16.0 Å². The standard InChI is InChI=1S/C22H20N2O5/c1-13-4-9-18-16(12-27-19(18)10-13)11-20(25)28-14(2)21-23-24-22(29-21)15-5-7-17(26-3)8-6-15/h4-10,12,14H,11H2,1-3H3/t14-/m0/s1. The summed E-state index contributed by atoms with van der Waals surface area (Å²) < 4.78 is 21.8. The molecule has 7 heteroatoms. The van der Waals surface area contributed by atoms with Gasteiger partial charge >= 0.3 is 5.97 Å². The number of carbonyl (C=O) groups is 1. The van der Waals surface area contributed by atoms with E-state index in [1.54, 1.807) is 32.4 Å². The number of benzene rings is 2. The number of rotatable bonds is 6. The fraction of sp³-hybridized carbons (Fsp3) is 0.227. The first kappa shape index (κ1) is 18.7. The van der Waals surface area contributed by atoms with Crippen molar-refractivity contribution in [2.45, 2.75) is 26.4 Å². The summed E-state index contributed by atoms with van der Waals surface area (Å²) in [6.45, 7) is 3.68. The number of esters is 1. The van der Waals surface area contributed by atoms with Gasteiger partial charge in [-0.2, -0.15) is 0 Å². The molecule has 0 saturated heterocycles. The summed E-state index contributed by atoms with van der Waals surface area (Å²) >= 11 is 0. The first-order chi connectivity index (χ1) is 14.0. The maximum atomic E-state index is 12.4. The van der Waals surface area contributed by atoms with Gasteiger partial charge in [-0.25, -0.2) is 0 Å². The molecule has 29 heavy (non-hydrogen) atoms. The molecule has 2 aromatic carbocycles. The predicted octanol–water partition coefficient (Wildman–Crippen LogP) is 4.65. The van der Waals surface area contributed by atoms with E-state index in [1.165, 1.54) is 0 Å². The number of aromatic nitrogens is 2. The molecule has 0 spiro atoms. The highest BCUT2D eigenvalue weighted by Gasteiger charge is 2.20. The Bertz CT molecular complexity index is 1140. The fourth-order valence-electron chi connectivity index (χ4n) is 3.02. The van der Waals surface area contributed by atoms with Crippen molar-refractivity contribution in [3.05, 3.63) is 65.7 Å². The van der Waals surface area contributed by atoms with Crippen LogP contribution in [0.1, 0.15) is 30.0 Å². The molecule has 2 heterocycles. The van der Waals surface area contributed by atoms with Gasteiger partial charge in [0.1, 0.15) is 11.3 Å². The molecule has 0 fully saturated rings. The van der Waals surface area contributed by atoms with Gasteiger partial charge in [0.25, 0.3) is 5.89 Å². The summed E-state index contributed by atoms with van der Waals surface area (Å²) in [6, 6.07) is 13.1. The summed E-state index contributed by atoms with van der Waals surface area (Å²) in [4.78, 5) is 12.4. The number of hydrogen-bond donors (Lipinski definition) is 0. The first-order valence-electron chi connectivity index (χ1n) is 9.17. The van der Waals surface area contributed by atoms with E-state index in [9.17, 15) is 4.79 Å². The second-order valence-electron chi connectivity index (χ2n) is 6.74. The molecular formula is C22H20N2O5. The highest BCUT2D eigenvalue weighted by molar-refractivity contribution is 5.86. The van der Waals surface area contributed by atoms with Gasteiger partial charge in [0.15, 0.2) is 6.10 Å². The Labute approximate surface area is 167 Å². The fourth-order valence-corrected chi connectivity index (χ4v) is 3.02. The lowest BCUT2D eigenvalue weighted by Gasteiger charge is -2.08. The van der Waals surface area contributed by atoms with Crippen LogP contribution in [0.5, 0.6) is 5.75 Å². The van der Waals surface area contributed by atoms with E-state index in [4.69, 9.17) is 18.3 Å². The SMILES string of the molecule is COc1ccc(-c2nnc([C@H](C)OC(=O)Cc3coc4cc(C)ccc34)o2)cc1. The topological polar surface area (TPSA) is 87.6 Å². The van der Waals surface area contributed by atoms with Crippen molar-refractivity contribution in [2.75, 3.05) is 7.11 Å². The van der Waals surface area contributed by atoms with Gasteiger partial charge in [0.05, 0.1) is 19.8 Å². The lowest BCUT2D eigenvalue weighted by Crippen LogP contribution is -2.11. The molecule has 0 unspecified atom stereocenters. The van der Waals surface area contributed by atoms with Crippen LogP contribution in [-0.4, -0.2) is 23.3 Å². The minimum Gasteiger partial charge on any atom is -0.497 e. The third-order valence-electron chi connectivity index (χ3n) is 4.58. The smallest absolute Gasteiger partial charge is 0.311 e. The van der Waals surface area contributed by atoms with Gasteiger partial charge in [-0.15, -0.1) is 10.2 Å². The Hall–Kier alpha value is -3.61. The van der Waals surface area contributed by atoms with Crippen molar-refractivity contribution >= 4 is 16.9 Å². The lowest BCUT2D eigenvalue weighted by atomic mass is 10.1. The Morgan fingerprint density at radius 3 is 2.69 bits per heavy atom. The van der Waals surface area contributed by atoms with E-state index in [0.717, 1.165) is 33.4 Å². The summed E-state index contributed by atoms with van der Waals surface area (Å²) in [5.74, 6) is 0.918. The highest BCUT2D eigenvalue weighted by Crippen LogP contribution is 2.26. The monoisotopic (exact) mass is 392 g/mol. The summed E-state index contributed by atoms with van der Waals surface area (Å²) in [5, 5.41) is 8.94. The number of nitrogens with zero attached hydrogens (tertiary/aromatic N) is 2. The quantitative estimate of drug-likeness (QED) is 0.441. The Balaban J connectivity index is 1.42. The van der Waals surface area contributed by atoms with Crippen LogP contribution in [0.15, 0.2) is 57.6 Å². The van der Waals surface area contributed by atoms with Crippen LogP contribution in [0.25, 0.3) is 22.4 Å². The normalized spacial score (nSPS) is 12.1. The maximum Gasteiger partial charge on any atom is 0.311 e. The van der Waals surface area contributed by atoms with Crippen molar-refractivity contribution < 1.29 is 23.1 Å². The van der Waals surface area contributed by atoms with Crippen LogP contribution in [0.2, 0.25) is 0 Å². The van der Waals surface area contributed by atoms with Gasteiger partial charge in [-0.05, 0) is 49.7 Å².